The minimum absolute atomic E-state index is 0.538. The predicted octanol–water partition coefficient (Wildman–Crippen LogP) is 2.69. The van der Waals surface area contributed by atoms with E-state index in [0.29, 0.717) is 5.19 Å². The number of oxime groups is 1. The zero-order valence-corrected chi connectivity index (χ0v) is 9.25. The van der Waals surface area contributed by atoms with Crippen molar-refractivity contribution in [2.75, 3.05) is 7.11 Å². The molecule has 4 nitrogen and oxygen atoms in total. The molecule has 0 aliphatic carbocycles. The molecule has 1 aromatic heterocycles. The minimum atomic E-state index is 0.538. The van der Waals surface area contributed by atoms with Crippen molar-refractivity contribution in [3.05, 3.63) is 18.2 Å². The monoisotopic (exact) mass is 222 g/mol. The van der Waals surface area contributed by atoms with E-state index in [9.17, 15) is 0 Å². The largest absolute Gasteiger partial charge is 0.497 e. The SMILES string of the molecule is C/C=N/Oc1nc2cc(OC)ccc2s1. The summed E-state index contributed by atoms with van der Waals surface area (Å²) >= 11 is 1.45. The van der Waals surface area contributed by atoms with Crippen molar-refractivity contribution in [2.24, 2.45) is 5.16 Å². The van der Waals surface area contributed by atoms with Crippen LogP contribution in [0.15, 0.2) is 23.4 Å². The summed E-state index contributed by atoms with van der Waals surface area (Å²) in [5, 5.41) is 4.21. The zero-order valence-electron chi connectivity index (χ0n) is 8.43. The van der Waals surface area contributed by atoms with Crippen LogP contribution in [0.5, 0.6) is 10.9 Å². The molecule has 0 spiro atoms. The summed E-state index contributed by atoms with van der Waals surface area (Å²) < 4.78 is 6.16. The van der Waals surface area contributed by atoms with E-state index in [1.807, 2.05) is 18.2 Å². The van der Waals surface area contributed by atoms with Crippen LogP contribution in [0.1, 0.15) is 6.92 Å². The third-order valence-electron chi connectivity index (χ3n) is 1.81. The van der Waals surface area contributed by atoms with Crippen LogP contribution in [-0.2, 0) is 0 Å². The van der Waals surface area contributed by atoms with Gasteiger partial charge in [0.25, 0.3) is 0 Å². The van der Waals surface area contributed by atoms with Gasteiger partial charge in [0.1, 0.15) is 5.75 Å². The van der Waals surface area contributed by atoms with Gasteiger partial charge in [-0.15, -0.1) is 0 Å². The molecule has 5 heteroatoms. The van der Waals surface area contributed by atoms with Crippen LogP contribution in [0.2, 0.25) is 0 Å². The number of rotatable bonds is 3. The Balaban J connectivity index is 2.37. The van der Waals surface area contributed by atoms with Crippen LogP contribution >= 0.6 is 11.3 Å². The van der Waals surface area contributed by atoms with E-state index < -0.39 is 0 Å². The number of hydrogen-bond acceptors (Lipinski definition) is 5. The van der Waals surface area contributed by atoms with Crippen molar-refractivity contribution in [1.29, 1.82) is 0 Å². The third-order valence-corrected chi connectivity index (χ3v) is 2.72. The van der Waals surface area contributed by atoms with Gasteiger partial charge in [0.2, 0.25) is 0 Å². The topological polar surface area (TPSA) is 43.7 Å². The second kappa shape index (κ2) is 4.27. The van der Waals surface area contributed by atoms with Crippen molar-refractivity contribution >= 4 is 27.8 Å². The smallest absolute Gasteiger partial charge is 0.306 e. The van der Waals surface area contributed by atoms with Gasteiger partial charge in [-0.1, -0.05) is 16.5 Å². The van der Waals surface area contributed by atoms with E-state index >= 15 is 0 Å². The number of ether oxygens (including phenoxy) is 1. The fraction of sp³-hybridized carbons (Fsp3) is 0.200. The molecule has 15 heavy (non-hydrogen) atoms. The second-order valence-corrected chi connectivity index (χ2v) is 3.76. The summed E-state index contributed by atoms with van der Waals surface area (Å²) in [6.45, 7) is 1.79. The number of hydrogen-bond donors (Lipinski definition) is 0. The summed E-state index contributed by atoms with van der Waals surface area (Å²) in [6.07, 6.45) is 1.58. The van der Waals surface area contributed by atoms with Gasteiger partial charge in [0.05, 0.1) is 17.3 Å². The number of aromatic nitrogens is 1. The molecule has 0 saturated carbocycles. The molecular weight excluding hydrogens is 212 g/mol. The Kier molecular flexibility index (Phi) is 2.82. The Hall–Kier alpha value is -1.62. The zero-order chi connectivity index (χ0) is 10.7. The van der Waals surface area contributed by atoms with Crippen molar-refractivity contribution in [1.82, 2.24) is 4.98 Å². The lowest BCUT2D eigenvalue weighted by Gasteiger charge is -1.96. The first-order chi connectivity index (χ1) is 7.33. The maximum Gasteiger partial charge on any atom is 0.306 e. The molecule has 0 bridgehead atoms. The Bertz CT molecular complexity index is 493. The Morgan fingerprint density at radius 3 is 3.07 bits per heavy atom. The molecule has 2 aromatic rings. The standard InChI is InChI=1S/C10H10N2O2S/c1-3-11-14-10-12-8-6-7(13-2)4-5-9(8)15-10/h3-6H,1-2H3/b11-3+. The summed E-state index contributed by atoms with van der Waals surface area (Å²) in [7, 11) is 1.63. The van der Waals surface area contributed by atoms with Crippen LogP contribution in [0.3, 0.4) is 0 Å². The van der Waals surface area contributed by atoms with Gasteiger partial charge in [-0.2, -0.15) is 0 Å². The van der Waals surface area contributed by atoms with E-state index in [0.717, 1.165) is 16.0 Å². The van der Waals surface area contributed by atoms with Crippen LogP contribution in [0.4, 0.5) is 0 Å². The van der Waals surface area contributed by atoms with Gasteiger partial charge in [0, 0.05) is 12.3 Å². The van der Waals surface area contributed by atoms with Crippen LogP contribution in [0, 0.1) is 0 Å². The van der Waals surface area contributed by atoms with Gasteiger partial charge in [-0.3, -0.25) is 0 Å². The third kappa shape index (κ3) is 2.07. The van der Waals surface area contributed by atoms with Crippen molar-refractivity contribution < 1.29 is 9.57 Å². The molecule has 0 N–H and O–H groups in total. The van der Waals surface area contributed by atoms with Crippen molar-refractivity contribution in [3.63, 3.8) is 0 Å². The summed E-state index contributed by atoms with van der Waals surface area (Å²) in [5.41, 5.74) is 0.862. The fourth-order valence-corrected chi connectivity index (χ4v) is 1.91. The van der Waals surface area contributed by atoms with Crippen LogP contribution in [0.25, 0.3) is 10.2 Å². The first-order valence-corrected chi connectivity index (χ1v) is 5.24. The van der Waals surface area contributed by atoms with E-state index in [2.05, 4.69) is 10.1 Å². The quantitative estimate of drug-likeness (QED) is 0.592. The predicted molar refractivity (Wildman–Crippen MR) is 61.0 cm³/mol. The average molecular weight is 222 g/mol. The number of thiazole rings is 1. The molecule has 1 heterocycles. The lowest BCUT2D eigenvalue weighted by Crippen LogP contribution is -1.82. The first-order valence-electron chi connectivity index (χ1n) is 4.43. The van der Waals surface area contributed by atoms with E-state index in [4.69, 9.17) is 9.57 Å². The Labute approximate surface area is 91.1 Å². The fourth-order valence-electron chi connectivity index (χ4n) is 1.15. The van der Waals surface area contributed by atoms with Crippen LogP contribution < -0.4 is 9.57 Å². The maximum absolute atomic E-state index is 5.11. The molecule has 0 aliphatic heterocycles. The highest BCUT2D eigenvalue weighted by Crippen LogP contribution is 2.30. The molecule has 78 valence electrons. The molecule has 0 saturated heterocycles. The number of benzene rings is 1. The highest BCUT2D eigenvalue weighted by molar-refractivity contribution is 7.20. The molecule has 2 rings (SSSR count). The Morgan fingerprint density at radius 1 is 1.47 bits per heavy atom. The maximum atomic E-state index is 5.11. The molecule has 0 unspecified atom stereocenters. The van der Waals surface area contributed by atoms with Gasteiger partial charge < -0.3 is 9.57 Å². The molecule has 0 amide bonds. The normalized spacial score (nSPS) is 11.1. The lowest BCUT2D eigenvalue weighted by molar-refractivity contribution is 0.342. The van der Waals surface area contributed by atoms with Gasteiger partial charge in [0.15, 0.2) is 0 Å². The average Bonchev–Trinajstić information content (AvgIpc) is 2.67. The lowest BCUT2D eigenvalue weighted by atomic mass is 10.3. The molecule has 0 aliphatic rings. The number of nitrogens with zero attached hydrogens (tertiary/aromatic N) is 2. The van der Waals surface area contributed by atoms with E-state index in [1.165, 1.54) is 11.3 Å². The highest BCUT2D eigenvalue weighted by atomic mass is 32.1. The van der Waals surface area contributed by atoms with Crippen molar-refractivity contribution in [2.45, 2.75) is 6.92 Å². The summed E-state index contributed by atoms with van der Waals surface area (Å²) in [6, 6.07) is 5.72. The van der Waals surface area contributed by atoms with E-state index in [1.54, 1.807) is 20.2 Å². The number of fused-ring (bicyclic) bond motifs is 1. The highest BCUT2D eigenvalue weighted by Gasteiger charge is 2.05. The van der Waals surface area contributed by atoms with Crippen molar-refractivity contribution in [3.8, 4) is 10.9 Å². The summed E-state index contributed by atoms with van der Waals surface area (Å²) in [5.74, 6) is 0.790. The minimum Gasteiger partial charge on any atom is -0.497 e. The molecular formula is C10H10N2O2S. The first kappa shape index (κ1) is 9.92. The number of methoxy groups -OCH3 is 1. The molecule has 0 radical (unpaired) electrons. The second-order valence-electron chi connectivity index (χ2n) is 2.77. The van der Waals surface area contributed by atoms with Gasteiger partial charge >= 0.3 is 5.19 Å². The summed E-state index contributed by atoms with van der Waals surface area (Å²) in [4.78, 5) is 9.31. The van der Waals surface area contributed by atoms with Gasteiger partial charge in [-0.25, -0.2) is 4.98 Å². The molecule has 0 atom stereocenters. The van der Waals surface area contributed by atoms with E-state index in [-0.39, 0.29) is 0 Å². The molecule has 1 aromatic carbocycles. The Morgan fingerprint density at radius 2 is 2.33 bits per heavy atom. The van der Waals surface area contributed by atoms with Gasteiger partial charge in [-0.05, 0) is 19.1 Å². The van der Waals surface area contributed by atoms with Crippen LogP contribution in [-0.4, -0.2) is 18.3 Å². The molecule has 0 fully saturated rings.